The Bertz CT molecular complexity index is 780. The molecule has 2 heterocycles. The van der Waals surface area contributed by atoms with E-state index in [1.807, 2.05) is 12.1 Å². The summed E-state index contributed by atoms with van der Waals surface area (Å²) in [4.78, 5) is 17.2. The summed E-state index contributed by atoms with van der Waals surface area (Å²) in [6.07, 6.45) is 3.48. The maximum Gasteiger partial charge on any atom is 0.238 e. The molecular formula is C25H33N3O2. The molecule has 0 saturated carbocycles. The van der Waals surface area contributed by atoms with E-state index in [1.165, 1.54) is 24.0 Å². The summed E-state index contributed by atoms with van der Waals surface area (Å²) in [7, 11) is 0. The van der Waals surface area contributed by atoms with Gasteiger partial charge in [0.2, 0.25) is 5.91 Å². The number of piperidine rings is 1. The van der Waals surface area contributed by atoms with Crippen molar-refractivity contribution in [2.75, 3.05) is 51.3 Å². The molecule has 30 heavy (non-hydrogen) atoms. The zero-order chi connectivity index (χ0) is 20.6. The normalized spacial score (nSPS) is 18.9. The first-order chi connectivity index (χ1) is 14.7. The number of anilines is 1. The van der Waals surface area contributed by atoms with Gasteiger partial charge >= 0.3 is 0 Å². The highest BCUT2D eigenvalue weighted by molar-refractivity contribution is 5.92. The molecule has 0 aliphatic carbocycles. The van der Waals surface area contributed by atoms with Gasteiger partial charge in [0.05, 0.1) is 19.8 Å². The number of ether oxygens (including phenoxy) is 1. The Kier molecular flexibility index (Phi) is 7.51. The Morgan fingerprint density at radius 3 is 2.27 bits per heavy atom. The zero-order valence-corrected chi connectivity index (χ0v) is 17.8. The average Bonchev–Trinajstić information content (AvgIpc) is 2.78. The molecule has 0 spiro atoms. The Balaban J connectivity index is 1.17. The fourth-order valence-corrected chi connectivity index (χ4v) is 4.41. The number of rotatable bonds is 7. The largest absolute Gasteiger partial charge is 0.379 e. The third-order valence-corrected chi connectivity index (χ3v) is 6.19. The number of nitrogens with one attached hydrogen (secondary N) is 1. The van der Waals surface area contributed by atoms with Gasteiger partial charge in [0, 0.05) is 25.3 Å². The average molecular weight is 408 g/mol. The van der Waals surface area contributed by atoms with Gasteiger partial charge in [0.25, 0.3) is 0 Å². The van der Waals surface area contributed by atoms with Crippen LogP contribution in [0.15, 0.2) is 54.6 Å². The summed E-state index contributed by atoms with van der Waals surface area (Å²) in [5.41, 5.74) is 3.57. The van der Waals surface area contributed by atoms with Gasteiger partial charge in [0.15, 0.2) is 0 Å². The van der Waals surface area contributed by atoms with Crippen molar-refractivity contribution in [2.24, 2.45) is 5.92 Å². The Labute approximate surface area is 180 Å². The topological polar surface area (TPSA) is 44.8 Å². The van der Waals surface area contributed by atoms with Gasteiger partial charge in [0.1, 0.15) is 0 Å². The molecule has 1 amide bonds. The first-order valence-corrected chi connectivity index (χ1v) is 11.2. The van der Waals surface area contributed by atoms with Crippen LogP contribution >= 0.6 is 0 Å². The van der Waals surface area contributed by atoms with Crippen LogP contribution in [-0.2, 0) is 22.5 Å². The maximum atomic E-state index is 12.5. The molecule has 5 heteroatoms. The van der Waals surface area contributed by atoms with Crippen molar-refractivity contribution in [3.63, 3.8) is 0 Å². The molecule has 0 atom stereocenters. The molecular weight excluding hydrogens is 374 g/mol. The van der Waals surface area contributed by atoms with Gasteiger partial charge in [-0.15, -0.1) is 0 Å². The van der Waals surface area contributed by atoms with Crippen LogP contribution in [0, 0.1) is 5.92 Å². The van der Waals surface area contributed by atoms with Gasteiger partial charge in [-0.25, -0.2) is 0 Å². The summed E-state index contributed by atoms with van der Waals surface area (Å²) >= 11 is 0. The molecule has 160 valence electrons. The summed E-state index contributed by atoms with van der Waals surface area (Å²) in [5, 5.41) is 3.06. The lowest BCUT2D eigenvalue weighted by atomic mass is 9.90. The first kappa shape index (κ1) is 21.0. The fraction of sp³-hybridized carbons (Fsp3) is 0.480. The van der Waals surface area contributed by atoms with E-state index in [1.54, 1.807) is 0 Å². The van der Waals surface area contributed by atoms with E-state index in [9.17, 15) is 4.79 Å². The standard InChI is InChI=1S/C25H33N3O2/c29-25(20-27-12-10-22(11-13-27)18-21-4-2-1-3-5-21)26-24-8-6-23(7-9-24)19-28-14-16-30-17-15-28/h1-9,22H,10-20H2,(H,26,29). The van der Waals surface area contributed by atoms with E-state index < -0.39 is 0 Å². The second kappa shape index (κ2) is 10.7. The summed E-state index contributed by atoms with van der Waals surface area (Å²) in [6, 6.07) is 19.0. The van der Waals surface area contributed by atoms with Crippen LogP contribution in [0.1, 0.15) is 24.0 Å². The van der Waals surface area contributed by atoms with E-state index in [0.717, 1.165) is 64.0 Å². The number of benzene rings is 2. The Morgan fingerprint density at radius 2 is 1.57 bits per heavy atom. The molecule has 0 bridgehead atoms. The molecule has 4 rings (SSSR count). The minimum Gasteiger partial charge on any atom is -0.379 e. The van der Waals surface area contributed by atoms with E-state index in [4.69, 9.17) is 4.74 Å². The predicted octanol–water partition coefficient (Wildman–Crippen LogP) is 3.41. The van der Waals surface area contributed by atoms with Gasteiger partial charge in [-0.2, -0.15) is 0 Å². The fourth-order valence-electron chi connectivity index (χ4n) is 4.41. The third-order valence-electron chi connectivity index (χ3n) is 6.19. The van der Waals surface area contributed by atoms with Crippen LogP contribution in [0.2, 0.25) is 0 Å². The number of nitrogens with zero attached hydrogens (tertiary/aromatic N) is 2. The molecule has 1 N–H and O–H groups in total. The molecule has 0 unspecified atom stereocenters. The minimum absolute atomic E-state index is 0.0810. The van der Waals surface area contributed by atoms with Crippen molar-refractivity contribution in [1.82, 2.24) is 9.80 Å². The van der Waals surface area contributed by atoms with Crippen LogP contribution in [0.25, 0.3) is 0 Å². The molecule has 2 aromatic carbocycles. The summed E-state index contributed by atoms with van der Waals surface area (Å²) in [6.45, 7) is 7.03. The van der Waals surface area contributed by atoms with Crippen LogP contribution in [0.3, 0.4) is 0 Å². The molecule has 2 saturated heterocycles. The van der Waals surface area contributed by atoms with Gasteiger partial charge < -0.3 is 10.1 Å². The van der Waals surface area contributed by atoms with Crippen molar-refractivity contribution in [2.45, 2.75) is 25.8 Å². The summed E-state index contributed by atoms with van der Waals surface area (Å²) in [5.74, 6) is 0.808. The first-order valence-electron chi connectivity index (χ1n) is 11.2. The number of amides is 1. The predicted molar refractivity (Wildman–Crippen MR) is 120 cm³/mol. The smallest absolute Gasteiger partial charge is 0.238 e. The lowest BCUT2D eigenvalue weighted by molar-refractivity contribution is -0.117. The van der Waals surface area contributed by atoms with Crippen molar-refractivity contribution < 1.29 is 9.53 Å². The third kappa shape index (κ3) is 6.39. The number of hydrogen-bond acceptors (Lipinski definition) is 4. The van der Waals surface area contributed by atoms with Crippen LogP contribution in [0.5, 0.6) is 0 Å². The molecule has 5 nitrogen and oxygen atoms in total. The highest BCUT2D eigenvalue weighted by Gasteiger charge is 2.21. The quantitative estimate of drug-likeness (QED) is 0.764. The van der Waals surface area contributed by atoms with E-state index in [0.29, 0.717) is 6.54 Å². The lowest BCUT2D eigenvalue weighted by Gasteiger charge is -2.31. The van der Waals surface area contributed by atoms with Crippen molar-refractivity contribution in [1.29, 1.82) is 0 Å². The lowest BCUT2D eigenvalue weighted by Crippen LogP contribution is -2.39. The highest BCUT2D eigenvalue weighted by atomic mass is 16.5. The van der Waals surface area contributed by atoms with Gasteiger partial charge in [-0.3, -0.25) is 14.6 Å². The second-order valence-electron chi connectivity index (χ2n) is 8.54. The number of carbonyl (C=O) groups is 1. The Hall–Kier alpha value is -2.21. The molecule has 2 aliphatic heterocycles. The van der Waals surface area contributed by atoms with Crippen molar-refractivity contribution in [3.8, 4) is 0 Å². The van der Waals surface area contributed by atoms with Gasteiger partial charge in [-0.05, 0) is 61.5 Å². The molecule has 0 aromatic heterocycles. The zero-order valence-electron chi connectivity index (χ0n) is 17.8. The Morgan fingerprint density at radius 1 is 0.867 bits per heavy atom. The monoisotopic (exact) mass is 407 g/mol. The number of hydrogen-bond donors (Lipinski definition) is 1. The maximum absolute atomic E-state index is 12.5. The van der Waals surface area contributed by atoms with E-state index in [2.05, 4.69) is 57.6 Å². The molecule has 2 aromatic rings. The summed E-state index contributed by atoms with van der Waals surface area (Å²) < 4.78 is 5.40. The molecule has 2 fully saturated rings. The molecule has 0 radical (unpaired) electrons. The molecule has 2 aliphatic rings. The van der Waals surface area contributed by atoms with Crippen LogP contribution in [-0.4, -0.2) is 61.6 Å². The van der Waals surface area contributed by atoms with Crippen LogP contribution in [0.4, 0.5) is 5.69 Å². The highest BCUT2D eigenvalue weighted by Crippen LogP contribution is 2.21. The van der Waals surface area contributed by atoms with E-state index in [-0.39, 0.29) is 5.91 Å². The van der Waals surface area contributed by atoms with Crippen molar-refractivity contribution >= 4 is 11.6 Å². The van der Waals surface area contributed by atoms with Crippen LogP contribution < -0.4 is 5.32 Å². The SMILES string of the molecule is O=C(CN1CCC(Cc2ccccc2)CC1)Nc1ccc(CN2CCOCC2)cc1. The number of carbonyl (C=O) groups excluding carboxylic acids is 1. The minimum atomic E-state index is 0.0810. The van der Waals surface area contributed by atoms with E-state index >= 15 is 0 Å². The number of likely N-dealkylation sites (tertiary alicyclic amines) is 1. The second-order valence-corrected chi connectivity index (χ2v) is 8.54. The van der Waals surface area contributed by atoms with Gasteiger partial charge in [-0.1, -0.05) is 42.5 Å². The number of morpholine rings is 1. The van der Waals surface area contributed by atoms with Crippen molar-refractivity contribution in [3.05, 3.63) is 65.7 Å².